The normalized spacial score (nSPS) is 14.0. The van der Waals surface area contributed by atoms with E-state index in [1.165, 1.54) is 24.8 Å². The molecule has 1 N–H and O–H groups in total. The van der Waals surface area contributed by atoms with Gasteiger partial charge in [-0.25, -0.2) is 4.79 Å². The van der Waals surface area contributed by atoms with Crippen molar-refractivity contribution in [2.75, 3.05) is 13.1 Å². The average Bonchev–Trinajstić information content (AvgIpc) is 2.58. The number of benzene rings is 1. The Morgan fingerprint density at radius 1 is 1.12 bits per heavy atom. The van der Waals surface area contributed by atoms with Gasteiger partial charge in [-0.1, -0.05) is 42.8 Å². The third-order valence-electron chi connectivity index (χ3n) is 4.62. The lowest BCUT2D eigenvalue weighted by atomic mass is 9.85. The fourth-order valence-corrected chi connectivity index (χ4v) is 2.98. The van der Waals surface area contributed by atoms with Gasteiger partial charge in [-0.2, -0.15) is 0 Å². The molecule has 0 unspecified atom stereocenters. The highest BCUT2D eigenvalue weighted by molar-refractivity contribution is 5.74. The van der Waals surface area contributed by atoms with Gasteiger partial charge >= 0.3 is 6.03 Å². The van der Waals surface area contributed by atoms with E-state index in [0.29, 0.717) is 19.0 Å². The van der Waals surface area contributed by atoms with Crippen LogP contribution in [0.4, 0.5) is 4.79 Å². The van der Waals surface area contributed by atoms with Crippen LogP contribution in [0.5, 0.6) is 0 Å². The summed E-state index contributed by atoms with van der Waals surface area (Å²) in [6, 6.07) is 14.2. The number of hydrogen-bond acceptors (Lipinski definition) is 2. The molecule has 1 saturated carbocycles. The fourth-order valence-electron chi connectivity index (χ4n) is 2.98. The quantitative estimate of drug-likeness (QED) is 0.845. The Hall–Kier alpha value is -2.36. The van der Waals surface area contributed by atoms with Crippen molar-refractivity contribution in [3.63, 3.8) is 0 Å². The number of urea groups is 1. The number of pyridine rings is 1. The third kappa shape index (κ3) is 4.82. The number of nitrogens with one attached hydrogen (secondary N) is 1. The van der Waals surface area contributed by atoms with Gasteiger partial charge in [0.25, 0.3) is 0 Å². The second-order valence-electron chi connectivity index (χ2n) is 6.51. The van der Waals surface area contributed by atoms with Crippen LogP contribution in [0.2, 0.25) is 0 Å². The molecule has 1 aromatic heterocycles. The predicted octanol–water partition coefficient (Wildman–Crippen LogP) is 3.64. The molecule has 1 heterocycles. The van der Waals surface area contributed by atoms with E-state index in [4.69, 9.17) is 0 Å². The summed E-state index contributed by atoms with van der Waals surface area (Å²) in [6.07, 6.45) is 8.21. The van der Waals surface area contributed by atoms with E-state index in [1.54, 1.807) is 6.20 Å². The second-order valence-corrected chi connectivity index (χ2v) is 6.51. The lowest BCUT2D eigenvalue weighted by Gasteiger charge is -2.32. The molecule has 0 bridgehead atoms. The maximum atomic E-state index is 12.6. The van der Waals surface area contributed by atoms with Crippen molar-refractivity contribution in [3.05, 3.63) is 66.0 Å². The van der Waals surface area contributed by atoms with Crippen LogP contribution < -0.4 is 5.32 Å². The first-order valence-electron chi connectivity index (χ1n) is 8.77. The van der Waals surface area contributed by atoms with Crippen molar-refractivity contribution in [2.45, 2.75) is 32.2 Å². The van der Waals surface area contributed by atoms with E-state index in [-0.39, 0.29) is 6.03 Å². The van der Waals surface area contributed by atoms with E-state index in [9.17, 15) is 4.79 Å². The molecule has 0 radical (unpaired) electrons. The van der Waals surface area contributed by atoms with Crippen LogP contribution in [0.1, 0.15) is 30.4 Å². The van der Waals surface area contributed by atoms with E-state index in [1.807, 2.05) is 41.4 Å². The summed E-state index contributed by atoms with van der Waals surface area (Å²) in [5.41, 5.74) is 2.32. The molecular formula is C20H25N3O. The Kier molecular flexibility index (Phi) is 5.83. The summed E-state index contributed by atoms with van der Waals surface area (Å²) in [6.45, 7) is 2.17. The largest absolute Gasteiger partial charge is 0.338 e. The van der Waals surface area contributed by atoms with Gasteiger partial charge in [-0.15, -0.1) is 0 Å². The monoisotopic (exact) mass is 323 g/mol. The third-order valence-corrected chi connectivity index (χ3v) is 4.62. The van der Waals surface area contributed by atoms with E-state index in [2.05, 4.69) is 22.4 Å². The number of carbonyl (C=O) groups excluding carboxylic acids is 1. The van der Waals surface area contributed by atoms with Gasteiger partial charge in [0.05, 0.1) is 0 Å². The molecule has 1 aliphatic carbocycles. The molecule has 3 rings (SSSR count). The lowest BCUT2D eigenvalue weighted by Crippen LogP contribution is -2.43. The highest BCUT2D eigenvalue weighted by Gasteiger charge is 2.23. The Bertz CT molecular complexity index is 626. The van der Waals surface area contributed by atoms with Crippen molar-refractivity contribution >= 4 is 6.03 Å². The Morgan fingerprint density at radius 2 is 1.92 bits per heavy atom. The lowest BCUT2D eigenvalue weighted by molar-refractivity contribution is 0.164. The molecule has 4 heteroatoms. The first-order valence-corrected chi connectivity index (χ1v) is 8.77. The molecular weight excluding hydrogens is 298 g/mol. The van der Waals surface area contributed by atoms with Crippen molar-refractivity contribution < 1.29 is 4.79 Å². The first-order chi connectivity index (χ1) is 11.8. The summed E-state index contributed by atoms with van der Waals surface area (Å²) in [5.74, 6) is 0.665. The van der Waals surface area contributed by atoms with Crippen LogP contribution in [0.25, 0.3) is 0 Å². The summed E-state index contributed by atoms with van der Waals surface area (Å²) in [5, 5.41) is 3.06. The van der Waals surface area contributed by atoms with Gasteiger partial charge in [-0.3, -0.25) is 4.98 Å². The predicted molar refractivity (Wildman–Crippen MR) is 95.5 cm³/mol. The summed E-state index contributed by atoms with van der Waals surface area (Å²) < 4.78 is 0. The van der Waals surface area contributed by atoms with Gasteiger partial charge in [-0.05, 0) is 42.4 Å². The van der Waals surface area contributed by atoms with E-state index in [0.717, 1.165) is 18.5 Å². The average molecular weight is 323 g/mol. The fraction of sp³-hybridized carbons (Fsp3) is 0.400. The van der Waals surface area contributed by atoms with Gasteiger partial charge in [0.2, 0.25) is 0 Å². The van der Waals surface area contributed by atoms with Gasteiger partial charge in [0, 0.05) is 32.0 Å². The highest BCUT2D eigenvalue weighted by atomic mass is 16.2. The van der Waals surface area contributed by atoms with Crippen LogP contribution in [-0.2, 0) is 13.0 Å². The zero-order valence-corrected chi connectivity index (χ0v) is 14.0. The van der Waals surface area contributed by atoms with Crippen LogP contribution in [0, 0.1) is 5.92 Å². The minimum absolute atomic E-state index is 0.0367. The van der Waals surface area contributed by atoms with Crippen LogP contribution in [-0.4, -0.2) is 29.0 Å². The molecule has 0 saturated heterocycles. The molecule has 0 spiro atoms. The van der Waals surface area contributed by atoms with Gasteiger partial charge in [0.15, 0.2) is 0 Å². The molecule has 4 nitrogen and oxygen atoms in total. The molecule has 0 atom stereocenters. The van der Waals surface area contributed by atoms with Crippen molar-refractivity contribution in [1.29, 1.82) is 0 Å². The highest BCUT2D eigenvalue weighted by Crippen LogP contribution is 2.27. The van der Waals surface area contributed by atoms with E-state index >= 15 is 0 Å². The maximum Gasteiger partial charge on any atom is 0.317 e. The van der Waals surface area contributed by atoms with Gasteiger partial charge in [0.1, 0.15) is 0 Å². The van der Waals surface area contributed by atoms with Crippen molar-refractivity contribution in [3.8, 4) is 0 Å². The summed E-state index contributed by atoms with van der Waals surface area (Å²) in [7, 11) is 0. The zero-order valence-electron chi connectivity index (χ0n) is 14.0. The molecule has 126 valence electrons. The second kappa shape index (κ2) is 8.48. The molecule has 1 aliphatic rings. The minimum atomic E-state index is 0.0367. The molecule has 24 heavy (non-hydrogen) atoms. The number of amides is 2. The van der Waals surface area contributed by atoms with Crippen LogP contribution in [0.15, 0.2) is 54.9 Å². The Labute approximate surface area is 143 Å². The van der Waals surface area contributed by atoms with Crippen LogP contribution >= 0.6 is 0 Å². The molecule has 0 aliphatic heterocycles. The number of hydrogen-bond donors (Lipinski definition) is 1. The molecule has 1 aromatic carbocycles. The molecule has 2 amide bonds. The number of carbonyl (C=O) groups is 1. The number of aromatic nitrogens is 1. The Balaban J connectivity index is 1.53. The van der Waals surface area contributed by atoms with Crippen LogP contribution in [0.3, 0.4) is 0 Å². The van der Waals surface area contributed by atoms with Gasteiger partial charge < -0.3 is 10.2 Å². The zero-order chi connectivity index (χ0) is 16.6. The smallest absolute Gasteiger partial charge is 0.317 e. The summed E-state index contributed by atoms with van der Waals surface area (Å²) in [4.78, 5) is 18.7. The van der Waals surface area contributed by atoms with Crippen molar-refractivity contribution in [2.24, 2.45) is 5.92 Å². The number of nitrogens with zero attached hydrogens (tertiary/aromatic N) is 2. The summed E-state index contributed by atoms with van der Waals surface area (Å²) >= 11 is 0. The first kappa shape index (κ1) is 16.5. The minimum Gasteiger partial charge on any atom is -0.338 e. The van der Waals surface area contributed by atoms with Crippen molar-refractivity contribution in [1.82, 2.24) is 15.2 Å². The molecule has 2 aromatic rings. The SMILES string of the molecule is O=C(NCCc1cccnc1)N(Cc1ccccc1)CC1CCC1. The molecule has 1 fully saturated rings. The Morgan fingerprint density at radius 3 is 2.58 bits per heavy atom. The maximum absolute atomic E-state index is 12.6. The number of rotatable bonds is 7. The standard InChI is InChI=1S/C20H25N3O/c24-20(22-13-11-17-10-5-12-21-14-17)23(16-19-8-4-9-19)15-18-6-2-1-3-7-18/h1-3,5-7,10,12,14,19H,4,8-9,11,13,15-16H2,(H,22,24). The topological polar surface area (TPSA) is 45.2 Å². The van der Waals surface area contributed by atoms with E-state index < -0.39 is 0 Å².